The number of hydrogen-bond acceptors (Lipinski definition) is 6. The maximum absolute atomic E-state index is 12.6. The Hall–Kier alpha value is -3.42. The molecule has 1 saturated heterocycles. The maximum Gasteiger partial charge on any atom is 0.246 e. The molecule has 26 heavy (non-hydrogen) atoms. The summed E-state index contributed by atoms with van der Waals surface area (Å²) < 4.78 is 0. The number of benzene rings is 2. The number of nitrogens with one attached hydrogen (secondary N) is 2. The first-order valence-electron chi connectivity index (χ1n) is 7.90. The average Bonchev–Trinajstić information content (AvgIpc) is 2.58. The van der Waals surface area contributed by atoms with Gasteiger partial charge in [-0.2, -0.15) is 0 Å². The van der Waals surface area contributed by atoms with Gasteiger partial charge in [0.05, 0.1) is 6.54 Å². The highest BCUT2D eigenvalue weighted by molar-refractivity contribution is 5.98. The molecule has 8 heteroatoms. The van der Waals surface area contributed by atoms with E-state index in [1.807, 2.05) is 0 Å². The summed E-state index contributed by atoms with van der Waals surface area (Å²) in [5.41, 5.74) is -0.288. The van der Waals surface area contributed by atoms with Gasteiger partial charge in [0.25, 0.3) is 0 Å². The van der Waals surface area contributed by atoms with Crippen LogP contribution in [0.1, 0.15) is 11.1 Å². The largest absolute Gasteiger partial charge is 0.504 e. The first kappa shape index (κ1) is 17.4. The van der Waals surface area contributed by atoms with Crippen molar-refractivity contribution in [2.24, 2.45) is 0 Å². The van der Waals surface area contributed by atoms with E-state index in [9.17, 15) is 30.0 Å². The summed E-state index contributed by atoms with van der Waals surface area (Å²) in [7, 11) is 0. The lowest BCUT2D eigenvalue weighted by molar-refractivity contribution is -0.138. The summed E-state index contributed by atoms with van der Waals surface area (Å²) in [4.78, 5) is 24.6. The molecule has 3 rings (SSSR count). The summed E-state index contributed by atoms with van der Waals surface area (Å²) in [6, 6.07) is 8.32. The van der Waals surface area contributed by atoms with E-state index in [1.54, 1.807) is 12.1 Å². The molecule has 0 aromatic heterocycles. The number of amides is 2. The number of carbonyl (C=O) groups excluding carboxylic acids is 2. The average molecular weight is 358 g/mol. The first-order valence-corrected chi connectivity index (χ1v) is 7.90. The molecule has 1 heterocycles. The number of carbonyl (C=O) groups is 2. The number of aromatic hydroxyl groups is 4. The van der Waals surface area contributed by atoms with Crippen molar-refractivity contribution in [3.8, 4) is 23.0 Å². The molecule has 1 aliphatic rings. The normalized spacial score (nSPS) is 16.0. The predicted molar refractivity (Wildman–Crippen MR) is 90.8 cm³/mol. The van der Waals surface area contributed by atoms with E-state index in [-0.39, 0.29) is 48.3 Å². The van der Waals surface area contributed by atoms with Gasteiger partial charge in [-0.15, -0.1) is 0 Å². The van der Waals surface area contributed by atoms with E-state index in [2.05, 4.69) is 10.6 Å². The van der Waals surface area contributed by atoms with Crippen molar-refractivity contribution in [3.05, 3.63) is 47.5 Å². The van der Waals surface area contributed by atoms with Gasteiger partial charge in [-0.3, -0.25) is 9.59 Å². The summed E-state index contributed by atoms with van der Waals surface area (Å²) in [5, 5.41) is 43.5. The molecule has 0 radical (unpaired) electrons. The minimum Gasteiger partial charge on any atom is -0.504 e. The van der Waals surface area contributed by atoms with Gasteiger partial charge in [0.2, 0.25) is 11.8 Å². The van der Waals surface area contributed by atoms with Crippen molar-refractivity contribution in [3.63, 3.8) is 0 Å². The van der Waals surface area contributed by atoms with E-state index in [4.69, 9.17) is 0 Å². The second-order valence-corrected chi connectivity index (χ2v) is 6.31. The lowest BCUT2D eigenvalue weighted by Gasteiger charge is -2.37. The zero-order valence-corrected chi connectivity index (χ0v) is 13.7. The Morgan fingerprint density at radius 3 is 1.77 bits per heavy atom. The molecule has 1 aliphatic heterocycles. The molecular formula is C18H18N2O6. The summed E-state index contributed by atoms with van der Waals surface area (Å²) in [5.74, 6) is -2.01. The lowest BCUT2D eigenvalue weighted by atomic mass is 9.82. The van der Waals surface area contributed by atoms with Crippen LogP contribution >= 0.6 is 0 Å². The van der Waals surface area contributed by atoms with Gasteiger partial charge >= 0.3 is 0 Å². The van der Waals surface area contributed by atoms with Crippen LogP contribution in [0.15, 0.2) is 36.4 Å². The van der Waals surface area contributed by atoms with Crippen molar-refractivity contribution < 1.29 is 30.0 Å². The van der Waals surface area contributed by atoms with Crippen LogP contribution in [-0.2, 0) is 22.4 Å². The zero-order chi connectivity index (χ0) is 18.9. The fourth-order valence-electron chi connectivity index (χ4n) is 3.06. The molecule has 0 bridgehead atoms. The van der Waals surface area contributed by atoms with Crippen LogP contribution in [0.2, 0.25) is 0 Å². The summed E-state index contributed by atoms with van der Waals surface area (Å²) in [6.07, 6.45) is 0.111. The molecule has 0 unspecified atom stereocenters. The second-order valence-electron chi connectivity index (χ2n) is 6.31. The molecule has 2 aromatic rings. The molecule has 6 N–H and O–H groups in total. The molecule has 0 atom stereocenters. The van der Waals surface area contributed by atoms with Gasteiger partial charge in [-0.1, -0.05) is 12.1 Å². The van der Waals surface area contributed by atoms with Crippen molar-refractivity contribution in [1.82, 2.24) is 10.6 Å². The van der Waals surface area contributed by atoms with E-state index >= 15 is 0 Å². The number of piperazine rings is 1. The number of rotatable bonds is 4. The van der Waals surface area contributed by atoms with E-state index in [0.29, 0.717) is 11.1 Å². The Morgan fingerprint density at radius 2 is 1.31 bits per heavy atom. The molecular weight excluding hydrogens is 340 g/mol. The Kier molecular flexibility index (Phi) is 4.33. The van der Waals surface area contributed by atoms with Gasteiger partial charge < -0.3 is 31.1 Å². The van der Waals surface area contributed by atoms with E-state index in [0.717, 1.165) is 0 Å². The van der Waals surface area contributed by atoms with Crippen LogP contribution < -0.4 is 10.6 Å². The molecule has 0 aliphatic carbocycles. The van der Waals surface area contributed by atoms with Gasteiger partial charge in [-0.05, 0) is 35.4 Å². The van der Waals surface area contributed by atoms with Crippen molar-refractivity contribution >= 4 is 11.8 Å². The first-order chi connectivity index (χ1) is 12.3. The smallest absolute Gasteiger partial charge is 0.246 e. The summed E-state index contributed by atoms with van der Waals surface area (Å²) >= 11 is 0. The molecule has 0 saturated carbocycles. The fourth-order valence-corrected chi connectivity index (χ4v) is 3.06. The Bertz CT molecular complexity index is 826. The van der Waals surface area contributed by atoms with Gasteiger partial charge in [0.15, 0.2) is 23.0 Å². The van der Waals surface area contributed by atoms with Crippen molar-refractivity contribution in [2.75, 3.05) is 6.54 Å². The number of hydrogen-bond donors (Lipinski definition) is 6. The van der Waals surface area contributed by atoms with Crippen molar-refractivity contribution in [1.29, 1.82) is 0 Å². The molecule has 1 fully saturated rings. The minimum atomic E-state index is -1.35. The van der Waals surface area contributed by atoms with Gasteiger partial charge in [-0.25, -0.2) is 0 Å². The Balaban J connectivity index is 1.98. The van der Waals surface area contributed by atoms with E-state index < -0.39 is 11.4 Å². The van der Waals surface area contributed by atoms with E-state index in [1.165, 1.54) is 24.3 Å². The van der Waals surface area contributed by atoms with Crippen LogP contribution in [0, 0.1) is 0 Å². The number of phenols is 4. The molecule has 8 nitrogen and oxygen atoms in total. The highest BCUT2D eigenvalue weighted by atomic mass is 16.3. The monoisotopic (exact) mass is 358 g/mol. The molecule has 0 spiro atoms. The zero-order valence-electron chi connectivity index (χ0n) is 13.7. The Morgan fingerprint density at radius 1 is 0.808 bits per heavy atom. The van der Waals surface area contributed by atoms with Crippen LogP contribution in [0.4, 0.5) is 0 Å². The summed E-state index contributed by atoms with van der Waals surface area (Å²) in [6.45, 7) is -0.137. The number of phenolic OH excluding ortho intramolecular Hbond substituents is 4. The predicted octanol–water partition coefficient (Wildman–Crippen LogP) is 0.279. The van der Waals surface area contributed by atoms with Crippen LogP contribution in [0.3, 0.4) is 0 Å². The fraction of sp³-hybridized carbons (Fsp3) is 0.222. The van der Waals surface area contributed by atoms with Crippen LogP contribution in [-0.4, -0.2) is 44.3 Å². The third-order valence-electron chi connectivity index (χ3n) is 4.31. The molecule has 2 aromatic carbocycles. The molecule has 136 valence electrons. The SMILES string of the molecule is O=C1CNC(=O)C(Cc2ccc(O)c(O)c2)(Cc2ccc(O)c(O)c2)N1. The topological polar surface area (TPSA) is 139 Å². The van der Waals surface area contributed by atoms with Gasteiger partial charge in [0.1, 0.15) is 5.54 Å². The van der Waals surface area contributed by atoms with Crippen LogP contribution in [0.25, 0.3) is 0 Å². The third-order valence-corrected chi connectivity index (χ3v) is 4.31. The second kappa shape index (κ2) is 6.47. The lowest BCUT2D eigenvalue weighted by Crippen LogP contribution is -2.67. The highest BCUT2D eigenvalue weighted by Crippen LogP contribution is 2.31. The highest BCUT2D eigenvalue weighted by Gasteiger charge is 2.43. The maximum atomic E-state index is 12.6. The van der Waals surface area contributed by atoms with Crippen molar-refractivity contribution in [2.45, 2.75) is 18.4 Å². The molecule has 2 amide bonds. The standard InChI is InChI=1S/C18H18N2O6/c21-12-3-1-10(5-14(12)23)7-18(17(26)19-9-16(25)20-18)8-11-2-4-13(22)15(24)6-11/h1-6,21-24H,7-9H2,(H,19,26)(H,20,25). The third kappa shape index (κ3) is 3.34. The Labute approximate surface area is 148 Å². The van der Waals surface area contributed by atoms with Crippen LogP contribution in [0.5, 0.6) is 23.0 Å². The minimum absolute atomic E-state index is 0.0556. The van der Waals surface area contributed by atoms with Gasteiger partial charge in [0, 0.05) is 12.8 Å². The quantitative estimate of drug-likeness (QED) is 0.434.